The molecule has 21 heavy (non-hydrogen) atoms. The zero-order valence-electron chi connectivity index (χ0n) is 12.4. The maximum Gasteiger partial charge on any atom is 0.253 e. The van der Waals surface area contributed by atoms with Crippen LogP contribution < -0.4 is 10.2 Å². The van der Waals surface area contributed by atoms with Crippen LogP contribution in [0.15, 0.2) is 18.2 Å². The molecule has 4 nitrogen and oxygen atoms in total. The van der Waals surface area contributed by atoms with Crippen molar-refractivity contribution in [1.82, 2.24) is 5.32 Å². The highest BCUT2D eigenvalue weighted by Gasteiger charge is 2.55. The first-order valence-electron chi connectivity index (χ1n) is 7.26. The van der Waals surface area contributed by atoms with Crippen molar-refractivity contribution in [3.63, 3.8) is 0 Å². The van der Waals surface area contributed by atoms with Gasteiger partial charge < -0.3 is 5.32 Å². The molecule has 3 rings (SSSR count). The predicted octanol–water partition coefficient (Wildman–Crippen LogP) is 2.67. The summed E-state index contributed by atoms with van der Waals surface area (Å²) in [6.07, 6.45) is 1.96. The van der Waals surface area contributed by atoms with Gasteiger partial charge in [0.2, 0.25) is 5.91 Å². The van der Waals surface area contributed by atoms with Crippen molar-refractivity contribution in [2.45, 2.75) is 45.2 Å². The van der Waals surface area contributed by atoms with Gasteiger partial charge in [0.25, 0.3) is 5.91 Å². The van der Waals surface area contributed by atoms with Gasteiger partial charge >= 0.3 is 0 Å². The molecule has 0 aromatic heterocycles. The van der Waals surface area contributed by atoms with Gasteiger partial charge in [-0.25, -0.2) is 0 Å². The highest BCUT2D eigenvalue weighted by molar-refractivity contribution is 6.34. The molecule has 1 aliphatic heterocycles. The third kappa shape index (κ3) is 2.22. The topological polar surface area (TPSA) is 49.4 Å². The highest BCUT2D eigenvalue weighted by Crippen LogP contribution is 2.43. The number of benzene rings is 1. The Labute approximate surface area is 129 Å². The van der Waals surface area contributed by atoms with Crippen LogP contribution in [-0.2, 0) is 9.59 Å². The van der Waals surface area contributed by atoms with Crippen molar-refractivity contribution in [2.75, 3.05) is 4.90 Å². The first-order chi connectivity index (χ1) is 9.84. The summed E-state index contributed by atoms with van der Waals surface area (Å²) in [5, 5.41) is 3.41. The first kappa shape index (κ1) is 14.4. The molecule has 2 atom stereocenters. The standard InChI is InChI=1S/C16H19ClN2O2/c1-9-4-7-13(12(17)8-9)19-10(2)14(20)18-16(3,15(19)21)11-5-6-11/h4,7-8,10-11H,5-6H2,1-3H3,(H,18,20). The van der Waals surface area contributed by atoms with Crippen molar-refractivity contribution in [2.24, 2.45) is 5.92 Å². The second-order valence-corrected chi connectivity index (χ2v) is 6.68. The number of rotatable bonds is 2. The van der Waals surface area contributed by atoms with Crippen LogP contribution in [0.4, 0.5) is 5.69 Å². The summed E-state index contributed by atoms with van der Waals surface area (Å²) in [6, 6.07) is 4.99. The van der Waals surface area contributed by atoms with Gasteiger partial charge in [0.1, 0.15) is 11.6 Å². The van der Waals surface area contributed by atoms with Gasteiger partial charge in [0.05, 0.1) is 10.7 Å². The maximum absolute atomic E-state index is 13.0. The predicted molar refractivity (Wildman–Crippen MR) is 82.4 cm³/mol. The number of nitrogens with one attached hydrogen (secondary N) is 1. The van der Waals surface area contributed by atoms with Crippen LogP contribution in [0.1, 0.15) is 32.3 Å². The van der Waals surface area contributed by atoms with Crippen LogP contribution >= 0.6 is 11.6 Å². The van der Waals surface area contributed by atoms with E-state index in [4.69, 9.17) is 11.6 Å². The van der Waals surface area contributed by atoms with E-state index >= 15 is 0 Å². The van der Waals surface area contributed by atoms with Gasteiger partial charge in [-0.2, -0.15) is 0 Å². The number of aryl methyl sites for hydroxylation is 1. The fourth-order valence-electron chi connectivity index (χ4n) is 3.02. The molecule has 1 N–H and O–H groups in total. The molecule has 1 aromatic carbocycles. The molecular weight excluding hydrogens is 288 g/mol. The number of hydrogen-bond acceptors (Lipinski definition) is 2. The smallest absolute Gasteiger partial charge is 0.253 e. The van der Waals surface area contributed by atoms with E-state index in [1.807, 2.05) is 32.0 Å². The number of piperazine rings is 1. The van der Waals surface area contributed by atoms with Crippen molar-refractivity contribution < 1.29 is 9.59 Å². The minimum atomic E-state index is -0.808. The van der Waals surface area contributed by atoms with Gasteiger partial charge in [-0.05, 0) is 57.2 Å². The van der Waals surface area contributed by atoms with E-state index in [1.165, 1.54) is 0 Å². The molecule has 1 saturated carbocycles. The van der Waals surface area contributed by atoms with Crippen LogP contribution in [-0.4, -0.2) is 23.4 Å². The maximum atomic E-state index is 13.0. The lowest BCUT2D eigenvalue weighted by molar-refractivity contribution is -0.138. The van der Waals surface area contributed by atoms with Crippen LogP contribution in [0.25, 0.3) is 0 Å². The molecule has 2 aliphatic rings. The molecule has 2 amide bonds. The van der Waals surface area contributed by atoms with E-state index in [-0.39, 0.29) is 17.7 Å². The zero-order chi connectivity index (χ0) is 15.4. The number of hydrogen-bond donors (Lipinski definition) is 1. The summed E-state index contributed by atoms with van der Waals surface area (Å²) < 4.78 is 0. The monoisotopic (exact) mass is 306 g/mol. The van der Waals surface area contributed by atoms with Gasteiger partial charge in [0.15, 0.2) is 0 Å². The largest absolute Gasteiger partial charge is 0.340 e. The van der Waals surface area contributed by atoms with E-state index in [9.17, 15) is 9.59 Å². The number of amides is 2. The van der Waals surface area contributed by atoms with E-state index in [2.05, 4.69) is 5.32 Å². The molecule has 1 aliphatic carbocycles. The first-order valence-corrected chi connectivity index (χ1v) is 7.64. The normalized spacial score (nSPS) is 29.5. The Kier molecular flexibility index (Phi) is 3.24. The third-order valence-corrected chi connectivity index (χ3v) is 4.87. The Morgan fingerprint density at radius 1 is 1.33 bits per heavy atom. The lowest BCUT2D eigenvalue weighted by atomic mass is 9.89. The Hall–Kier alpha value is -1.55. The summed E-state index contributed by atoms with van der Waals surface area (Å²) in [6.45, 7) is 5.50. The molecule has 2 unspecified atom stereocenters. The summed E-state index contributed by atoms with van der Waals surface area (Å²) in [4.78, 5) is 26.8. The summed E-state index contributed by atoms with van der Waals surface area (Å²) in [5.74, 6) is 0.0386. The van der Waals surface area contributed by atoms with Gasteiger partial charge in [-0.15, -0.1) is 0 Å². The lowest BCUT2D eigenvalue weighted by Gasteiger charge is -2.43. The molecule has 0 bridgehead atoms. The summed E-state index contributed by atoms with van der Waals surface area (Å²) in [5.41, 5.74) is 0.828. The van der Waals surface area contributed by atoms with Gasteiger partial charge in [-0.3, -0.25) is 14.5 Å². The van der Waals surface area contributed by atoms with Crippen LogP contribution in [0, 0.1) is 12.8 Å². The van der Waals surface area contributed by atoms with Crippen molar-refractivity contribution in [3.8, 4) is 0 Å². The minimum Gasteiger partial charge on any atom is -0.340 e. The zero-order valence-corrected chi connectivity index (χ0v) is 13.2. The van der Waals surface area contributed by atoms with Gasteiger partial charge in [-0.1, -0.05) is 17.7 Å². The number of carbonyl (C=O) groups is 2. The van der Waals surface area contributed by atoms with Crippen LogP contribution in [0.2, 0.25) is 5.02 Å². The van der Waals surface area contributed by atoms with Crippen LogP contribution in [0.5, 0.6) is 0 Å². The van der Waals surface area contributed by atoms with E-state index < -0.39 is 11.6 Å². The number of carbonyl (C=O) groups excluding carboxylic acids is 2. The number of nitrogens with zero attached hydrogens (tertiary/aromatic N) is 1. The molecule has 0 radical (unpaired) electrons. The van der Waals surface area contributed by atoms with Crippen LogP contribution in [0.3, 0.4) is 0 Å². The second-order valence-electron chi connectivity index (χ2n) is 6.27. The van der Waals surface area contributed by atoms with E-state index in [0.717, 1.165) is 18.4 Å². The Bertz CT molecular complexity index is 627. The SMILES string of the molecule is Cc1ccc(N2C(=O)C(C)(C3CC3)NC(=O)C2C)c(Cl)c1. The molecule has 5 heteroatoms. The van der Waals surface area contributed by atoms with Crippen molar-refractivity contribution in [1.29, 1.82) is 0 Å². The summed E-state index contributed by atoms with van der Waals surface area (Å²) >= 11 is 6.30. The van der Waals surface area contributed by atoms with E-state index in [0.29, 0.717) is 10.7 Å². The molecular formula is C16H19ClN2O2. The van der Waals surface area contributed by atoms with Crippen molar-refractivity contribution >= 4 is 29.1 Å². The fourth-order valence-corrected chi connectivity index (χ4v) is 3.35. The fraction of sp³-hybridized carbons (Fsp3) is 0.500. The minimum absolute atomic E-state index is 0.0668. The average Bonchev–Trinajstić information content (AvgIpc) is 3.24. The Morgan fingerprint density at radius 2 is 2.00 bits per heavy atom. The molecule has 2 fully saturated rings. The lowest BCUT2D eigenvalue weighted by Crippen LogP contribution is -2.70. The number of anilines is 1. The molecule has 0 spiro atoms. The average molecular weight is 307 g/mol. The third-order valence-electron chi connectivity index (χ3n) is 4.57. The van der Waals surface area contributed by atoms with Gasteiger partial charge in [0, 0.05) is 0 Å². The van der Waals surface area contributed by atoms with Crippen molar-refractivity contribution in [3.05, 3.63) is 28.8 Å². The Morgan fingerprint density at radius 3 is 2.57 bits per heavy atom. The second kappa shape index (κ2) is 4.73. The quantitative estimate of drug-likeness (QED) is 0.913. The Balaban J connectivity index is 2.05. The molecule has 1 aromatic rings. The molecule has 1 heterocycles. The molecule has 112 valence electrons. The molecule has 1 saturated heterocycles. The summed E-state index contributed by atoms with van der Waals surface area (Å²) in [7, 11) is 0. The highest BCUT2D eigenvalue weighted by atomic mass is 35.5. The van der Waals surface area contributed by atoms with E-state index in [1.54, 1.807) is 11.8 Å². The number of halogens is 1.